The molecule has 0 amide bonds. The molecule has 6 nitrogen and oxygen atoms in total. The fourth-order valence-electron chi connectivity index (χ4n) is 3.79. The van der Waals surface area contributed by atoms with E-state index in [0.717, 1.165) is 23.6 Å². The van der Waals surface area contributed by atoms with Crippen molar-refractivity contribution in [2.45, 2.75) is 46.4 Å². The van der Waals surface area contributed by atoms with Crippen molar-refractivity contribution >= 4 is 10.8 Å². The molecule has 30 heavy (non-hydrogen) atoms. The summed E-state index contributed by atoms with van der Waals surface area (Å²) in [6.07, 6.45) is 3.72. The highest BCUT2D eigenvalue weighted by molar-refractivity contribution is 6.03. The van der Waals surface area contributed by atoms with Crippen LogP contribution >= 0.6 is 0 Å². The van der Waals surface area contributed by atoms with Crippen LogP contribution in [0.5, 0.6) is 11.5 Å². The van der Waals surface area contributed by atoms with E-state index in [1.807, 2.05) is 25.1 Å². The van der Waals surface area contributed by atoms with E-state index in [2.05, 4.69) is 6.92 Å². The first-order chi connectivity index (χ1) is 14.6. The molecular weight excluding hydrogens is 382 g/mol. The van der Waals surface area contributed by atoms with Gasteiger partial charge < -0.3 is 24.3 Å². The first-order valence-corrected chi connectivity index (χ1v) is 10.3. The van der Waals surface area contributed by atoms with E-state index in [-0.39, 0.29) is 18.8 Å². The number of benzene rings is 2. The number of aliphatic hydroxyl groups excluding tert-OH is 2. The van der Waals surface area contributed by atoms with Crippen molar-refractivity contribution in [1.29, 1.82) is 0 Å². The molecule has 0 spiro atoms. The Bertz CT molecular complexity index is 1090. The molecule has 6 heteroatoms. The van der Waals surface area contributed by atoms with Gasteiger partial charge in [-0.3, -0.25) is 4.79 Å². The lowest BCUT2D eigenvalue weighted by atomic mass is 9.90. The van der Waals surface area contributed by atoms with Crippen LogP contribution < -0.4 is 15.0 Å². The third-order valence-corrected chi connectivity index (χ3v) is 5.29. The van der Waals surface area contributed by atoms with E-state index in [1.54, 1.807) is 30.0 Å². The van der Waals surface area contributed by atoms with Gasteiger partial charge in [0, 0.05) is 30.3 Å². The van der Waals surface area contributed by atoms with Gasteiger partial charge in [0.15, 0.2) is 0 Å². The van der Waals surface area contributed by atoms with Crippen LogP contribution in [-0.2, 0) is 19.8 Å². The lowest BCUT2D eigenvalue weighted by Gasteiger charge is -2.19. The van der Waals surface area contributed by atoms with Gasteiger partial charge in [-0.1, -0.05) is 13.3 Å². The van der Waals surface area contributed by atoms with E-state index in [4.69, 9.17) is 9.47 Å². The first kappa shape index (κ1) is 21.9. The Hall–Kier alpha value is -2.83. The number of rotatable bonds is 9. The Morgan fingerprint density at radius 1 is 1.03 bits per heavy atom. The number of aromatic nitrogens is 1. The van der Waals surface area contributed by atoms with Gasteiger partial charge in [-0.25, -0.2) is 0 Å². The lowest BCUT2D eigenvalue weighted by molar-refractivity contribution is 0.260. The zero-order valence-electron chi connectivity index (χ0n) is 17.8. The summed E-state index contributed by atoms with van der Waals surface area (Å²) in [4.78, 5) is 12.7. The van der Waals surface area contributed by atoms with E-state index >= 15 is 0 Å². The minimum atomic E-state index is -0.263. The van der Waals surface area contributed by atoms with Crippen LogP contribution in [0, 0.1) is 0 Å². The summed E-state index contributed by atoms with van der Waals surface area (Å²) in [5, 5.41) is 21.7. The van der Waals surface area contributed by atoms with Gasteiger partial charge in [0.05, 0.1) is 26.9 Å². The van der Waals surface area contributed by atoms with Gasteiger partial charge in [0.25, 0.3) is 5.56 Å². The minimum absolute atomic E-state index is 0.0969. The molecule has 2 aromatic carbocycles. The second kappa shape index (κ2) is 9.78. The van der Waals surface area contributed by atoms with E-state index < -0.39 is 0 Å². The number of nitrogens with zero attached hydrogens (tertiary/aromatic N) is 1. The predicted octanol–water partition coefficient (Wildman–Crippen LogP) is 3.86. The molecule has 0 aliphatic heterocycles. The SMILES string of the molecule is CCCCn1ccc(-c2c(CO)c(CO)cc3c(OC)cc(OCC)cc23)cc1=O. The molecule has 3 rings (SSSR count). The van der Waals surface area contributed by atoms with Crippen molar-refractivity contribution in [3.05, 3.63) is 58.0 Å². The van der Waals surface area contributed by atoms with Crippen LogP contribution in [-0.4, -0.2) is 28.5 Å². The molecule has 0 aliphatic carbocycles. The normalized spacial score (nSPS) is 11.1. The van der Waals surface area contributed by atoms with E-state index in [0.29, 0.717) is 46.9 Å². The third kappa shape index (κ3) is 4.20. The Balaban J connectivity index is 2.34. The van der Waals surface area contributed by atoms with Gasteiger partial charge in [0.1, 0.15) is 11.5 Å². The van der Waals surface area contributed by atoms with Crippen LogP contribution in [0.15, 0.2) is 41.3 Å². The summed E-state index contributed by atoms with van der Waals surface area (Å²) in [6.45, 7) is 4.66. The smallest absolute Gasteiger partial charge is 0.251 e. The van der Waals surface area contributed by atoms with Crippen molar-refractivity contribution in [3.8, 4) is 22.6 Å². The summed E-state index contributed by atoms with van der Waals surface area (Å²) < 4.78 is 13.0. The lowest BCUT2D eigenvalue weighted by Crippen LogP contribution is -2.18. The Kier molecular flexibility index (Phi) is 7.13. The second-order valence-electron chi connectivity index (χ2n) is 7.16. The molecule has 0 unspecified atom stereocenters. The highest BCUT2D eigenvalue weighted by Crippen LogP contribution is 2.40. The maximum atomic E-state index is 12.7. The fraction of sp³-hybridized carbons (Fsp3) is 0.375. The number of ether oxygens (including phenoxy) is 2. The van der Waals surface area contributed by atoms with Crippen LogP contribution in [0.3, 0.4) is 0 Å². The Morgan fingerprint density at radius 2 is 1.83 bits per heavy atom. The maximum absolute atomic E-state index is 12.7. The van der Waals surface area contributed by atoms with Gasteiger partial charge in [-0.05, 0) is 59.2 Å². The Labute approximate surface area is 176 Å². The monoisotopic (exact) mass is 411 g/mol. The average molecular weight is 411 g/mol. The molecule has 0 saturated carbocycles. The first-order valence-electron chi connectivity index (χ1n) is 10.3. The van der Waals surface area contributed by atoms with Crippen molar-refractivity contribution < 1.29 is 19.7 Å². The third-order valence-electron chi connectivity index (χ3n) is 5.29. The summed E-state index contributed by atoms with van der Waals surface area (Å²) in [7, 11) is 1.58. The summed E-state index contributed by atoms with van der Waals surface area (Å²) in [5.41, 5.74) is 2.48. The molecular formula is C24H29NO5. The van der Waals surface area contributed by atoms with Crippen LogP contribution in [0.25, 0.3) is 21.9 Å². The molecule has 2 N–H and O–H groups in total. The fourth-order valence-corrected chi connectivity index (χ4v) is 3.79. The quantitative estimate of drug-likeness (QED) is 0.559. The van der Waals surface area contributed by atoms with Crippen molar-refractivity contribution in [2.75, 3.05) is 13.7 Å². The number of hydrogen-bond acceptors (Lipinski definition) is 5. The minimum Gasteiger partial charge on any atom is -0.496 e. The zero-order chi connectivity index (χ0) is 21.7. The predicted molar refractivity (Wildman–Crippen MR) is 118 cm³/mol. The van der Waals surface area contributed by atoms with Crippen molar-refractivity contribution in [3.63, 3.8) is 0 Å². The summed E-state index contributed by atoms with van der Waals surface area (Å²) in [6, 6.07) is 8.98. The van der Waals surface area contributed by atoms with E-state index in [1.165, 1.54) is 0 Å². The topological polar surface area (TPSA) is 80.9 Å². The number of unbranched alkanes of at least 4 members (excludes halogenated alkanes) is 1. The molecule has 0 radical (unpaired) electrons. The number of aryl methyl sites for hydroxylation is 1. The molecule has 1 heterocycles. The van der Waals surface area contributed by atoms with Crippen molar-refractivity contribution in [2.24, 2.45) is 0 Å². The van der Waals surface area contributed by atoms with E-state index in [9.17, 15) is 15.0 Å². The molecule has 3 aromatic rings. The van der Waals surface area contributed by atoms with Gasteiger partial charge in [-0.2, -0.15) is 0 Å². The van der Waals surface area contributed by atoms with Crippen LogP contribution in [0.2, 0.25) is 0 Å². The van der Waals surface area contributed by atoms with Crippen molar-refractivity contribution in [1.82, 2.24) is 4.57 Å². The molecule has 0 bridgehead atoms. The largest absolute Gasteiger partial charge is 0.496 e. The van der Waals surface area contributed by atoms with Crippen LogP contribution in [0.4, 0.5) is 0 Å². The standard InChI is InChI=1S/C24H29NO5/c1-4-6-8-25-9-7-16(11-23(25)28)24-20-12-18(30-5-2)13-22(29-3)19(20)10-17(14-26)21(24)15-27/h7,9-13,26-27H,4-6,8,14-15H2,1-3H3. The molecule has 0 atom stereocenters. The zero-order valence-corrected chi connectivity index (χ0v) is 17.8. The highest BCUT2D eigenvalue weighted by Gasteiger charge is 2.18. The number of methoxy groups -OCH3 is 1. The van der Waals surface area contributed by atoms with Gasteiger partial charge >= 0.3 is 0 Å². The van der Waals surface area contributed by atoms with Gasteiger partial charge in [0.2, 0.25) is 0 Å². The molecule has 0 saturated heterocycles. The van der Waals surface area contributed by atoms with Crippen LogP contribution in [0.1, 0.15) is 37.8 Å². The molecule has 0 aliphatic rings. The summed E-state index contributed by atoms with van der Waals surface area (Å²) >= 11 is 0. The van der Waals surface area contributed by atoms with Gasteiger partial charge in [-0.15, -0.1) is 0 Å². The molecule has 0 fully saturated rings. The number of pyridine rings is 1. The second-order valence-corrected chi connectivity index (χ2v) is 7.16. The number of fused-ring (bicyclic) bond motifs is 1. The highest BCUT2D eigenvalue weighted by atomic mass is 16.5. The summed E-state index contributed by atoms with van der Waals surface area (Å²) in [5.74, 6) is 1.24. The molecule has 1 aromatic heterocycles. The Morgan fingerprint density at radius 3 is 2.43 bits per heavy atom. The average Bonchev–Trinajstić information content (AvgIpc) is 2.76. The molecule has 160 valence electrons. The number of aliphatic hydroxyl groups is 2. The number of hydrogen-bond donors (Lipinski definition) is 2. The maximum Gasteiger partial charge on any atom is 0.251 e.